The Bertz CT molecular complexity index is 1760. The minimum atomic E-state index is -1.04. The van der Waals surface area contributed by atoms with Crippen LogP contribution in [-0.4, -0.2) is 75.0 Å². The molecule has 0 radical (unpaired) electrons. The van der Waals surface area contributed by atoms with Crippen LogP contribution in [0, 0.1) is 12.7 Å². The average Bonchev–Trinajstić information content (AvgIpc) is 3.77. The molecule has 6 rings (SSSR count). The van der Waals surface area contributed by atoms with Gasteiger partial charge >= 0.3 is 0 Å². The Labute approximate surface area is 250 Å². The van der Waals surface area contributed by atoms with Gasteiger partial charge in [0.05, 0.1) is 54.7 Å². The third-order valence-corrected chi connectivity index (χ3v) is 7.96. The summed E-state index contributed by atoms with van der Waals surface area (Å²) in [4.78, 5) is 31.8. The molecule has 0 aromatic carbocycles. The third kappa shape index (κ3) is 5.71. The summed E-state index contributed by atoms with van der Waals surface area (Å²) in [5.74, 6) is 1.27. The van der Waals surface area contributed by atoms with Crippen LogP contribution in [0.3, 0.4) is 0 Å². The first-order valence-electron chi connectivity index (χ1n) is 14.3. The van der Waals surface area contributed by atoms with Crippen molar-refractivity contribution >= 4 is 28.6 Å². The molecule has 0 spiro atoms. The lowest BCUT2D eigenvalue weighted by atomic mass is 9.77. The molecule has 5 aromatic rings. The fraction of sp³-hybridized carbons (Fsp3) is 0.429. The molecule has 1 saturated carbocycles. The SMILES string of the molecule is CO[C@]1(C(=O)N[C@@H](C)c2cnc(-n3cc(F)cn3)cn2)CC[C@@H](c2nc(Nc3cc(C)[nH]n3)c3cnn(CCF)c3n2)CC1. The van der Waals surface area contributed by atoms with Gasteiger partial charge in [0.2, 0.25) is 0 Å². The van der Waals surface area contributed by atoms with E-state index < -0.39 is 24.1 Å². The molecule has 1 amide bonds. The number of fused-ring (bicyclic) bond motifs is 1. The zero-order chi connectivity index (χ0) is 30.8. The second-order valence-electron chi connectivity index (χ2n) is 10.9. The van der Waals surface area contributed by atoms with Crippen LogP contribution in [0.1, 0.15) is 61.8 Å². The monoisotopic (exact) mass is 606 g/mol. The summed E-state index contributed by atoms with van der Waals surface area (Å²) in [6.07, 6.45) is 8.95. The first-order chi connectivity index (χ1) is 21.3. The number of nitrogens with one attached hydrogen (secondary N) is 3. The van der Waals surface area contributed by atoms with Gasteiger partial charge in [-0.25, -0.2) is 33.1 Å². The van der Waals surface area contributed by atoms with Gasteiger partial charge in [-0.3, -0.25) is 14.9 Å². The number of rotatable bonds is 10. The number of nitrogens with zero attached hydrogens (tertiary/aromatic N) is 9. The largest absolute Gasteiger partial charge is 0.368 e. The number of carbonyl (C=O) groups excluding carboxylic acids is 1. The summed E-state index contributed by atoms with van der Waals surface area (Å²) in [5, 5.41) is 22.3. The molecule has 5 aromatic heterocycles. The van der Waals surface area contributed by atoms with Crippen molar-refractivity contribution in [3.05, 3.63) is 60.1 Å². The van der Waals surface area contributed by atoms with Crippen molar-refractivity contribution in [1.29, 1.82) is 0 Å². The van der Waals surface area contributed by atoms with E-state index in [2.05, 4.69) is 41.0 Å². The fourth-order valence-corrected chi connectivity index (χ4v) is 5.46. The molecule has 44 heavy (non-hydrogen) atoms. The standard InChI is InChI=1S/C28H32F2N12O2/c1-16-10-22(40-39-16)36-25-20-12-34-41(9-8-29)26(20)38-24(37-25)18-4-6-28(44-3,7-5-18)27(43)35-17(2)21-13-32-23(14-31-21)42-15-19(30)11-33-42/h10-15,17-18H,4-9H2,1-3H3,(H,35,43)(H2,36,37,38,39,40)/t17-,18-,28-/m0/s1. The number of halogens is 2. The number of aryl methyl sites for hydroxylation is 2. The first kappa shape index (κ1) is 29.2. The van der Waals surface area contributed by atoms with E-state index in [0.29, 0.717) is 65.7 Å². The number of amides is 1. The van der Waals surface area contributed by atoms with Gasteiger partial charge in [-0.15, -0.1) is 0 Å². The number of hydrogen-bond donors (Lipinski definition) is 3. The van der Waals surface area contributed by atoms with Crippen LogP contribution in [0.4, 0.5) is 20.4 Å². The van der Waals surface area contributed by atoms with Gasteiger partial charge in [-0.2, -0.15) is 15.3 Å². The molecule has 0 aliphatic heterocycles. The third-order valence-electron chi connectivity index (χ3n) is 7.96. The molecule has 1 aliphatic carbocycles. The predicted octanol–water partition coefficient (Wildman–Crippen LogP) is 3.61. The quantitative estimate of drug-likeness (QED) is 0.214. The van der Waals surface area contributed by atoms with Crippen LogP contribution in [-0.2, 0) is 16.1 Å². The number of aromatic nitrogens is 10. The van der Waals surface area contributed by atoms with Gasteiger partial charge < -0.3 is 15.4 Å². The van der Waals surface area contributed by atoms with Crippen LogP contribution in [0.25, 0.3) is 16.9 Å². The summed E-state index contributed by atoms with van der Waals surface area (Å²) in [6, 6.07) is 1.40. The van der Waals surface area contributed by atoms with Crippen molar-refractivity contribution in [3.63, 3.8) is 0 Å². The molecule has 0 bridgehead atoms. The molecule has 16 heteroatoms. The van der Waals surface area contributed by atoms with Gasteiger partial charge in [-0.1, -0.05) is 0 Å². The lowest BCUT2D eigenvalue weighted by Gasteiger charge is -2.38. The molecule has 5 heterocycles. The zero-order valence-electron chi connectivity index (χ0n) is 24.5. The number of aromatic amines is 1. The smallest absolute Gasteiger partial charge is 0.252 e. The summed E-state index contributed by atoms with van der Waals surface area (Å²) in [6.45, 7) is 3.20. The van der Waals surface area contributed by atoms with Crippen molar-refractivity contribution < 1.29 is 18.3 Å². The molecule has 0 saturated heterocycles. The van der Waals surface area contributed by atoms with Crippen LogP contribution >= 0.6 is 0 Å². The Morgan fingerprint density at radius 1 is 1.18 bits per heavy atom. The molecule has 3 N–H and O–H groups in total. The maximum atomic E-state index is 13.5. The molecular weight excluding hydrogens is 574 g/mol. The number of H-pyrrole nitrogens is 1. The van der Waals surface area contributed by atoms with E-state index in [9.17, 15) is 13.6 Å². The predicted molar refractivity (Wildman–Crippen MR) is 155 cm³/mol. The topological polar surface area (TPSA) is 166 Å². The van der Waals surface area contributed by atoms with Crippen LogP contribution in [0.2, 0.25) is 0 Å². The molecule has 1 atom stereocenters. The highest BCUT2D eigenvalue weighted by molar-refractivity contribution is 5.88. The summed E-state index contributed by atoms with van der Waals surface area (Å²) < 4.78 is 35.2. The minimum absolute atomic E-state index is 0.0614. The van der Waals surface area contributed by atoms with E-state index >= 15 is 0 Å². The molecule has 14 nitrogen and oxygen atoms in total. The number of anilines is 2. The summed E-state index contributed by atoms with van der Waals surface area (Å²) in [7, 11) is 1.54. The number of ether oxygens (including phenoxy) is 1. The van der Waals surface area contributed by atoms with E-state index in [1.165, 1.54) is 35.1 Å². The van der Waals surface area contributed by atoms with Gasteiger partial charge in [0.15, 0.2) is 23.1 Å². The van der Waals surface area contributed by atoms with E-state index in [4.69, 9.17) is 14.7 Å². The Morgan fingerprint density at radius 2 is 2.00 bits per heavy atom. The van der Waals surface area contributed by atoms with Crippen molar-refractivity contribution in [2.24, 2.45) is 0 Å². The minimum Gasteiger partial charge on any atom is -0.368 e. The van der Waals surface area contributed by atoms with Crippen molar-refractivity contribution in [2.45, 2.75) is 63.6 Å². The molecular formula is C28H32F2N12O2. The van der Waals surface area contributed by atoms with E-state index in [1.54, 1.807) is 6.20 Å². The normalized spacial score (nSPS) is 19.2. The van der Waals surface area contributed by atoms with E-state index in [-0.39, 0.29) is 18.4 Å². The van der Waals surface area contributed by atoms with Crippen molar-refractivity contribution in [2.75, 3.05) is 19.1 Å². The fourth-order valence-electron chi connectivity index (χ4n) is 5.46. The number of carbonyl (C=O) groups is 1. The Balaban J connectivity index is 1.17. The summed E-state index contributed by atoms with van der Waals surface area (Å²) in [5.41, 5.74) is 0.908. The van der Waals surface area contributed by atoms with Crippen LogP contribution in [0.15, 0.2) is 37.1 Å². The first-order valence-corrected chi connectivity index (χ1v) is 14.3. The number of alkyl halides is 1. The Morgan fingerprint density at radius 3 is 2.64 bits per heavy atom. The van der Waals surface area contributed by atoms with Gasteiger partial charge in [-0.05, 0) is 39.5 Å². The zero-order valence-corrected chi connectivity index (χ0v) is 24.5. The number of hydrogen-bond acceptors (Lipinski definition) is 10. The highest BCUT2D eigenvalue weighted by Gasteiger charge is 2.43. The van der Waals surface area contributed by atoms with Gasteiger partial charge in [0.25, 0.3) is 5.91 Å². The maximum Gasteiger partial charge on any atom is 0.252 e. The van der Waals surface area contributed by atoms with E-state index in [0.717, 1.165) is 11.9 Å². The van der Waals surface area contributed by atoms with Crippen LogP contribution in [0.5, 0.6) is 0 Å². The van der Waals surface area contributed by atoms with Gasteiger partial charge in [0, 0.05) is 24.8 Å². The van der Waals surface area contributed by atoms with Crippen molar-refractivity contribution in [3.8, 4) is 5.82 Å². The average molecular weight is 607 g/mol. The Hall–Kier alpha value is -4.86. The molecule has 0 unspecified atom stereocenters. The molecule has 230 valence electrons. The van der Waals surface area contributed by atoms with Crippen molar-refractivity contribution in [1.82, 2.24) is 55.0 Å². The van der Waals surface area contributed by atoms with E-state index in [1.807, 2.05) is 19.9 Å². The maximum absolute atomic E-state index is 13.5. The van der Waals surface area contributed by atoms with Crippen LogP contribution < -0.4 is 10.6 Å². The number of methoxy groups -OCH3 is 1. The second kappa shape index (κ2) is 12.0. The lowest BCUT2D eigenvalue weighted by molar-refractivity contribution is -0.148. The summed E-state index contributed by atoms with van der Waals surface area (Å²) >= 11 is 0. The molecule has 1 aliphatic rings. The highest BCUT2D eigenvalue weighted by atomic mass is 19.1. The highest BCUT2D eigenvalue weighted by Crippen LogP contribution is 2.40. The Kier molecular flexibility index (Phi) is 7.99. The second-order valence-corrected chi connectivity index (χ2v) is 10.9. The molecule has 1 fully saturated rings. The lowest BCUT2D eigenvalue weighted by Crippen LogP contribution is -2.51. The van der Waals surface area contributed by atoms with Gasteiger partial charge in [0.1, 0.15) is 23.9 Å².